The Bertz CT molecular complexity index is 1810. The van der Waals surface area contributed by atoms with E-state index < -0.39 is 12.1 Å². The summed E-state index contributed by atoms with van der Waals surface area (Å²) < 4.78 is 30.8. The van der Waals surface area contributed by atoms with Gasteiger partial charge in [0.2, 0.25) is 0 Å². The predicted octanol–water partition coefficient (Wildman–Crippen LogP) is 9.59. The Morgan fingerprint density at radius 2 is 1.49 bits per heavy atom. The molecule has 7 nitrogen and oxygen atoms in total. The molecule has 2 aliphatic rings. The van der Waals surface area contributed by atoms with Crippen LogP contribution < -0.4 is 19.5 Å². The maximum Gasteiger partial charge on any atom is 0.407 e. The van der Waals surface area contributed by atoms with Crippen molar-refractivity contribution in [3.05, 3.63) is 148 Å². The van der Waals surface area contributed by atoms with Crippen LogP contribution in [0.25, 0.3) is 11.1 Å². The fraction of sp³-hybridized carbons (Fsp3) is 0.244. The topological polar surface area (TPSA) is 75.3 Å². The van der Waals surface area contributed by atoms with E-state index in [1.54, 1.807) is 0 Å². The van der Waals surface area contributed by atoms with Crippen molar-refractivity contribution in [2.24, 2.45) is 0 Å². The summed E-state index contributed by atoms with van der Waals surface area (Å²) in [6.07, 6.45) is 2.24. The highest BCUT2D eigenvalue weighted by molar-refractivity contribution is 9.10. The lowest BCUT2D eigenvalue weighted by Gasteiger charge is -2.24. The van der Waals surface area contributed by atoms with Crippen LogP contribution in [0.15, 0.2) is 126 Å². The molecule has 250 valence electrons. The number of nitrogens with one attached hydrogen (secondary N) is 1. The Morgan fingerprint density at radius 3 is 2.20 bits per heavy atom. The van der Waals surface area contributed by atoms with E-state index in [-0.39, 0.29) is 25.4 Å². The van der Waals surface area contributed by atoms with E-state index in [9.17, 15) is 4.79 Å². The van der Waals surface area contributed by atoms with Crippen LogP contribution >= 0.6 is 15.9 Å². The van der Waals surface area contributed by atoms with Gasteiger partial charge in [-0.05, 0) is 86.4 Å². The third-order valence-corrected chi connectivity index (χ3v) is 9.54. The Morgan fingerprint density at radius 1 is 0.796 bits per heavy atom. The summed E-state index contributed by atoms with van der Waals surface area (Å²) in [6, 6.07) is 39.4. The second kappa shape index (κ2) is 15.6. The number of alkyl carbamates (subject to hydrolysis) is 1. The molecule has 0 bridgehead atoms. The van der Waals surface area contributed by atoms with Crippen molar-refractivity contribution in [1.29, 1.82) is 0 Å². The number of rotatable bonds is 12. The molecule has 0 aromatic heterocycles. The van der Waals surface area contributed by atoms with Crippen LogP contribution in [0.3, 0.4) is 0 Å². The minimum Gasteiger partial charge on any atom is -0.490 e. The summed E-state index contributed by atoms with van der Waals surface area (Å²) >= 11 is 3.61. The summed E-state index contributed by atoms with van der Waals surface area (Å²) in [4.78, 5) is 13.4. The van der Waals surface area contributed by atoms with E-state index in [0.717, 1.165) is 46.0 Å². The first-order valence-electron chi connectivity index (χ1n) is 16.7. The summed E-state index contributed by atoms with van der Waals surface area (Å²) in [5.41, 5.74) is 6.60. The van der Waals surface area contributed by atoms with Crippen LogP contribution in [-0.2, 0) is 16.1 Å². The number of ether oxygens (including phenoxy) is 5. The highest BCUT2D eigenvalue weighted by Gasteiger charge is 2.29. The van der Waals surface area contributed by atoms with E-state index in [1.165, 1.54) is 11.1 Å². The first kappa shape index (κ1) is 32.7. The number of carbonyl (C=O) groups is 1. The molecule has 5 aromatic carbocycles. The summed E-state index contributed by atoms with van der Waals surface area (Å²) in [5, 5.41) is 3.06. The van der Waals surface area contributed by atoms with Crippen LogP contribution in [0.5, 0.6) is 17.2 Å². The number of benzene rings is 5. The standard InChI is InChI=1S/C41H38BrNO6/c42-37-22-21-31(46-25-28-10-2-1-3-11-28)24-39(37)47-27-38(29-17-19-30(20-18-29)49-40-16-8-9-23-45-40)43-41(44)48-26-36-34-14-6-4-12-32(34)33-13-5-7-15-35(33)36/h1-7,10-15,17-22,24,36,38,40H,8-9,16,23,25-27H2,(H,43,44)/t38-,40?/m0/s1. The first-order chi connectivity index (χ1) is 24.1. The number of amides is 1. The molecule has 7 rings (SSSR count). The van der Waals surface area contributed by atoms with Gasteiger partial charge in [0.1, 0.15) is 37.1 Å². The highest BCUT2D eigenvalue weighted by atomic mass is 79.9. The van der Waals surface area contributed by atoms with Gasteiger partial charge in [0.15, 0.2) is 6.29 Å². The zero-order valence-corrected chi connectivity index (χ0v) is 28.6. The number of halogens is 1. The summed E-state index contributed by atoms with van der Waals surface area (Å²) in [7, 11) is 0. The van der Waals surface area contributed by atoms with Gasteiger partial charge in [0.05, 0.1) is 17.1 Å². The number of fused-ring (bicyclic) bond motifs is 3. The Balaban J connectivity index is 1.05. The molecular weight excluding hydrogens is 682 g/mol. The SMILES string of the molecule is O=C(N[C@@H](COc1cc(OCc2ccccc2)ccc1Br)c1ccc(OC2CCCCO2)cc1)OCC1c2ccccc2-c2ccccc21. The van der Waals surface area contributed by atoms with E-state index >= 15 is 0 Å². The minimum atomic E-state index is -0.523. The van der Waals surface area contributed by atoms with Crippen molar-refractivity contribution >= 4 is 22.0 Å². The van der Waals surface area contributed by atoms with Gasteiger partial charge in [-0.3, -0.25) is 0 Å². The molecule has 1 N–H and O–H groups in total. The maximum absolute atomic E-state index is 13.4. The molecule has 0 spiro atoms. The van der Waals surface area contributed by atoms with Crippen molar-refractivity contribution in [3.8, 4) is 28.4 Å². The van der Waals surface area contributed by atoms with Crippen molar-refractivity contribution in [3.63, 3.8) is 0 Å². The third kappa shape index (κ3) is 8.10. The van der Waals surface area contributed by atoms with Crippen molar-refractivity contribution < 1.29 is 28.5 Å². The average Bonchev–Trinajstić information content (AvgIpc) is 3.47. The zero-order chi connectivity index (χ0) is 33.4. The van der Waals surface area contributed by atoms with Gasteiger partial charge in [-0.25, -0.2) is 4.79 Å². The molecule has 0 saturated carbocycles. The fourth-order valence-electron chi connectivity index (χ4n) is 6.34. The monoisotopic (exact) mass is 719 g/mol. The molecule has 1 amide bonds. The second-order valence-corrected chi connectivity index (χ2v) is 13.0. The Labute approximate surface area is 295 Å². The number of hydrogen-bond acceptors (Lipinski definition) is 6. The van der Waals surface area contributed by atoms with Gasteiger partial charge >= 0.3 is 6.09 Å². The van der Waals surface area contributed by atoms with Crippen LogP contribution in [0, 0.1) is 0 Å². The molecule has 1 heterocycles. The Hall–Kier alpha value is -4.79. The molecule has 0 radical (unpaired) electrons. The fourth-order valence-corrected chi connectivity index (χ4v) is 6.70. The smallest absolute Gasteiger partial charge is 0.407 e. The van der Waals surface area contributed by atoms with Crippen LogP contribution in [0.4, 0.5) is 4.79 Å². The molecular formula is C41H38BrNO6. The molecule has 8 heteroatoms. The second-order valence-electron chi connectivity index (χ2n) is 12.2. The Kier molecular flexibility index (Phi) is 10.4. The van der Waals surface area contributed by atoms with Gasteiger partial charge in [0, 0.05) is 18.4 Å². The van der Waals surface area contributed by atoms with E-state index in [1.807, 2.05) is 97.1 Å². The van der Waals surface area contributed by atoms with E-state index in [0.29, 0.717) is 30.5 Å². The molecule has 1 aliphatic heterocycles. The summed E-state index contributed by atoms with van der Waals surface area (Å²) in [5.74, 6) is 1.94. The molecule has 1 fully saturated rings. The van der Waals surface area contributed by atoms with Gasteiger partial charge < -0.3 is 29.0 Å². The van der Waals surface area contributed by atoms with Crippen molar-refractivity contribution in [1.82, 2.24) is 5.32 Å². The van der Waals surface area contributed by atoms with Crippen LogP contribution in [-0.4, -0.2) is 32.2 Å². The van der Waals surface area contributed by atoms with E-state index in [2.05, 4.69) is 45.5 Å². The third-order valence-electron chi connectivity index (χ3n) is 8.88. The molecule has 1 aliphatic carbocycles. The predicted molar refractivity (Wildman–Crippen MR) is 192 cm³/mol. The molecule has 49 heavy (non-hydrogen) atoms. The minimum absolute atomic E-state index is 0.0409. The number of hydrogen-bond donors (Lipinski definition) is 1. The van der Waals surface area contributed by atoms with Gasteiger partial charge in [-0.2, -0.15) is 0 Å². The maximum atomic E-state index is 13.4. The lowest BCUT2D eigenvalue weighted by atomic mass is 9.98. The van der Waals surface area contributed by atoms with Gasteiger partial charge in [-0.1, -0.05) is 91.0 Å². The lowest BCUT2D eigenvalue weighted by Crippen LogP contribution is -2.33. The highest BCUT2D eigenvalue weighted by Crippen LogP contribution is 2.44. The normalized spacial score (nSPS) is 15.8. The van der Waals surface area contributed by atoms with Gasteiger partial charge in [0.25, 0.3) is 0 Å². The lowest BCUT2D eigenvalue weighted by molar-refractivity contribution is -0.105. The van der Waals surface area contributed by atoms with Crippen LogP contribution in [0.2, 0.25) is 0 Å². The largest absolute Gasteiger partial charge is 0.490 e. The van der Waals surface area contributed by atoms with Crippen molar-refractivity contribution in [2.75, 3.05) is 19.8 Å². The van der Waals surface area contributed by atoms with Crippen LogP contribution in [0.1, 0.15) is 53.5 Å². The summed E-state index contributed by atoms with van der Waals surface area (Å²) in [6.45, 7) is 1.51. The molecule has 5 aromatic rings. The number of carbonyl (C=O) groups excluding carboxylic acids is 1. The molecule has 1 saturated heterocycles. The van der Waals surface area contributed by atoms with Crippen molar-refractivity contribution in [2.45, 2.75) is 44.1 Å². The molecule has 2 atom stereocenters. The van der Waals surface area contributed by atoms with E-state index in [4.69, 9.17) is 23.7 Å². The first-order valence-corrected chi connectivity index (χ1v) is 17.5. The average molecular weight is 721 g/mol. The zero-order valence-electron chi connectivity index (χ0n) is 27.1. The van der Waals surface area contributed by atoms with Gasteiger partial charge in [-0.15, -0.1) is 0 Å². The quantitative estimate of drug-likeness (QED) is 0.138. The molecule has 1 unspecified atom stereocenters.